The molecule has 0 aliphatic heterocycles. The Balaban J connectivity index is 2.34. The Morgan fingerprint density at radius 1 is 0.735 bits per heavy atom. The van der Waals surface area contributed by atoms with E-state index in [1.807, 2.05) is 0 Å². The molecule has 2 aromatic carbocycles. The van der Waals surface area contributed by atoms with Gasteiger partial charge >= 0.3 is 0 Å². The molecule has 184 valence electrons. The molecule has 0 saturated heterocycles. The number of rotatable bonds is 9. The summed E-state index contributed by atoms with van der Waals surface area (Å²) >= 11 is 0. The van der Waals surface area contributed by atoms with Crippen molar-refractivity contribution in [3.8, 4) is 34.5 Å². The van der Waals surface area contributed by atoms with E-state index in [1.165, 1.54) is 0 Å². The van der Waals surface area contributed by atoms with Crippen molar-refractivity contribution < 1.29 is 70.6 Å². The van der Waals surface area contributed by atoms with E-state index in [0.717, 1.165) is 0 Å². The molecule has 4 atom stereocenters. The number of hydrogen-bond acceptors (Lipinski definition) is 14. The lowest BCUT2D eigenvalue weighted by molar-refractivity contribution is -0.173. The van der Waals surface area contributed by atoms with E-state index in [1.54, 1.807) is 0 Å². The van der Waals surface area contributed by atoms with Crippen molar-refractivity contribution in [1.82, 2.24) is 0 Å². The molecule has 0 fully saturated rings. The maximum Gasteiger partial charge on any atom is 0.239 e. The molecule has 0 spiro atoms. The summed E-state index contributed by atoms with van der Waals surface area (Å²) in [6, 6.07) is 2.18. The maximum absolute atomic E-state index is 12.5. The number of aliphatic hydroxyl groups excluding tert-OH is 4. The predicted molar refractivity (Wildman–Crippen MR) is 107 cm³/mol. The van der Waals surface area contributed by atoms with Crippen LogP contribution in [0.25, 0.3) is 0 Å². The second-order valence-electron chi connectivity index (χ2n) is 7.21. The monoisotopic (exact) mass is 484 g/mol. The van der Waals surface area contributed by atoms with E-state index >= 15 is 0 Å². The molecule has 11 N–H and O–H groups in total. The van der Waals surface area contributed by atoms with Gasteiger partial charge in [0, 0.05) is 11.1 Å². The third-order valence-corrected chi connectivity index (χ3v) is 4.93. The van der Waals surface area contributed by atoms with Crippen LogP contribution < -0.4 is 0 Å². The van der Waals surface area contributed by atoms with Crippen molar-refractivity contribution in [2.45, 2.75) is 23.9 Å². The second kappa shape index (κ2) is 9.50. The molecule has 0 saturated carbocycles. The fourth-order valence-electron chi connectivity index (χ4n) is 2.89. The minimum Gasteiger partial charge on any atom is -0.504 e. The topological polar surface area (TPSA) is 274 Å². The van der Waals surface area contributed by atoms with Gasteiger partial charge in [0.15, 0.2) is 45.9 Å². The van der Waals surface area contributed by atoms with Gasteiger partial charge in [-0.1, -0.05) is 0 Å². The van der Waals surface area contributed by atoms with E-state index in [-0.39, 0.29) is 0 Å². The van der Waals surface area contributed by atoms with Gasteiger partial charge in [-0.05, 0) is 24.3 Å². The third kappa shape index (κ3) is 4.57. The SMILES string of the molecule is O=C(C(=O)[C@@](O)(CO)[C@H](O)[C@H](O)C(O)C(=O)c1cc(O)c(O)c(O)c1)c1cc(O)c(O)c(O)c1. The maximum atomic E-state index is 12.5. The fraction of sp³-hybridized carbons (Fsp3) is 0.250. The van der Waals surface area contributed by atoms with E-state index in [2.05, 4.69) is 0 Å². The average Bonchev–Trinajstić information content (AvgIpc) is 2.81. The molecule has 14 nitrogen and oxygen atoms in total. The van der Waals surface area contributed by atoms with E-state index in [0.29, 0.717) is 24.3 Å². The average molecular weight is 484 g/mol. The summed E-state index contributed by atoms with van der Waals surface area (Å²) < 4.78 is 0. The molecule has 0 radical (unpaired) electrons. The summed E-state index contributed by atoms with van der Waals surface area (Å²) in [7, 11) is 0. The molecular formula is C20H20O14. The summed E-state index contributed by atoms with van der Waals surface area (Å²) in [6.07, 6.45) is -8.27. The number of aromatic hydroxyl groups is 6. The summed E-state index contributed by atoms with van der Waals surface area (Å²) in [4.78, 5) is 37.3. The van der Waals surface area contributed by atoms with Crippen molar-refractivity contribution in [2.75, 3.05) is 6.61 Å². The highest BCUT2D eigenvalue weighted by Gasteiger charge is 2.51. The van der Waals surface area contributed by atoms with Crippen molar-refractivity contribution in [1.29, 1.82) is 0 Å². The van der Waals surface area contributed by atoms with Crippen LogP contribution in [0.1, 0.15) is 20.7 Å². The highest BCUT2D eigenvalue weighted by molar-refractivity contribution is 6.46. The van der Waals surface area contributed by atoms with Gasteiger partial charge in [0.2, 0.25) is 11.6 Å². The number of carbonyl (C=O) groups is 3. The van der Waals surface area contributed by atoms with Crippen LogP contribution in [0.3, 0.4) is 0 Å². The Hall–Kier alpha value is -3.95. The van der Waals surface area contributed by atoms with Crippen LogP contribution >= 0.6 is 0 Å². The van der Waals surface area contributed by atoms with Crippen molar-refractivity contribution in [3.05, 3.63) is 35.4 Å². The van der Waals surface area contributed by atoms with Gasteiger partial charge in [0.1, 0.15) is 18.3 Å². The van der Waals surface area contributed by atoms with Gasteiger partial charge in [0.05, 0.1) is 6.61 Å². The van der Waals surface area contributed by atoms with Crippen LogP contribution in [0.4, 0.5) is 0 Å². The molecule has 0 aliphatic carbocycles. The van der Waals surface area contributed by atoms with Gasteiger partial charge in [-0.25, -0.2) is 0 Å². The molecule has 1 unspecified atom stereocenters. The van der Waals surface area contributed by atoms with Crippen molar-refractivity contribution in [3.63, 3.8) is 0 Å². The second-order valence-corrected chi connectivity index (χ2v) is 7.21. The van der Waals surface area contributed by atoms with E-state index in [9.17, 15) is 70.6 Å². The standard InChI is InChI=1S/C20H20O14/c21-5-20(34,18(32)13(27)7-3-10(24)15(29)11(25)4-7)19(33)17(31)16(30)12(26)6-1-8(22)14(28)9(23)2-6/h1-4,16-17,19,21-25,28-31,33-34H,5H2/t16?,17-,19-,20+/m1/s1. The Kier molecular flexibility index (Phi) is 7.35. The first-order chi connectivity index (χ1) is 15.7. The molecule has 0 bridgehead atoms. The molecular weight excluding hydrogens is 464 g/mol. The molecule has 0 aromatic heterocycles. The van der Waals surface area contributed by atoms with Crippen LogP contribution in [0.2, 0.25) is 0 Å². The number of benzene rings is 2. The number of aliphatic hydroxyl groups is 5. The van der Waals surface area contributed by atoms with Crippen LogP contribution in [-0.2, 0) is 4.79 Å². The zero-order chi connectivity index (χ0) is 26.1. The van der Waals surface area contributed by atoms with Crippen molar-refractivity contribution >= 4 is 17.3 Å². The van der Waals surface area contributed by atoms with Gasteiger partial charge in [-0.2, -0.15) is 0 Å². The third-order valence-electron chi connectivity index (χ3n) is 4.93. The zero-order valence-corrected chi connectivity index (χ0v) is 16.9. The summed E-state index contributed by atoms with van der Waals surface area (Å²) in [6.45, 7) is -1.71. The Morgan fingerprint density at radius 3 is 1.50 bits per heavy atom. The minimum atomic E-state index is -3.51. The lowest BCUT2D eigenvalue weighted by Crippen LogP contribution is -2.62. The molecule has 0 heterocycles. The summed E-state index contributed by atoms with van der Waals surface area (Å²) in [5, 5.41) is 107. The summed E-state index contributed by atoms with van der Waals surface area (Å²) in [5.74, 6) is -11.3. The van der Waals surface area contributed by atoms with Gasteiger partial charge in [-0.3, -0.25) is 14.4 Å². The number of phenolic OH excluding ortho intramolecular Hbond substituents is 6. The fourth-order valence-corrected chi connectivity index (χ4v) is 2.89. The number of Topliss-reactive ketones (excluding diaryl/α,β-unsaturated/α-hetero) is 3. The van der Waals surface area contributed by atoms with Gasteiger partial charge < -0.3 is 56.2 Å². The largest absolute Gasteiger partial charge is 0.504 e. The Labute approximate surface area is 189 Å². The molecule has 34 heavy (non-hydrogen) atoms. The first-order valence-corrected chi connectivity index (χ1v) is 9.18. The minimum absolute atomic E-state index is 0.512. The smallest absolute Gasteiger partial charge is 0.239 e. The molecule has 14 heteroatoms. The molecule has 2 rings (SSSR count). The molecule has 2 aromatic rings. The molecule has 0 amide bonds. The van der Waals surface area contributed by atoms with E-state index in [4.69, 9.17) is 0 Å². The lowest BCUT2D eigenvalue weighted by atomic mass is 9.83. The highest BCUT2D eigenvalue weighted by atomic mass is 16.4. The van der Waals surface area contributed by atoms with E-state index < -0.39 is 93.5 Å². The normalized spacial score (nSPS) is 15.7. The van der Waals surface area contributed by atoms with Crippen molar-refractivity contribution in [2.24, 2.45) is 0 Å². The number of carbonyl (C=O) groups excluding carboxylic acids is 3. The Bertz CT molecular complexity index is 1100. The van der Waals surface area contributed by atoms with Crippen LogP contribution in [0, 0.1) is 0 Å². The first kappa shape index (κ1) is 26.3. The van der Waals surface area contributed by atoms with Crippen LogP contribution in [0.5, 0.6) is 34.5 Å². The number of ketones is 3. The lowest BCUT2D eigenvalue weighted by Gasteiger charge is -2.33. The Morgan fingerprint density at radius 2 is 1.12 bits per heavy atom. The van der Waals surface area contributed by atoms with Crippen LogP contribution in [0.15, 0.2) is 24.3 Å². The zero-order valence-electron chi connectivity index (χ0n) is 16.9. The summed E-state index contributed by atoms with van der Waals surface area (Å²) in [5.41, 5.74) is -5.00. The predicted octanol–water partition coefficient (Wildman–Crippen LogP) is -2.64. The van der Waals surface area contributed by atoms with Crippen LogP contribution in [-0.4, -0.2) is 104 Å². The highest BCUT2D eigenvalue weighted by Crippen LogP contribution is 2.37. The van der Waals surface area contributed by atoms with Gasteiger partial charge in [-0.15, -0.1) is 0 Å². The number of phenols is 6. The first-order valence-electron chi connectivity index (χ1n) is 9.18. The quantitative estimate of drug-likeness (QED) is 0.0986. The van der Waals surface area contributed by atoms with Gasteiger partial charge in [0.25, 0.3) is 0 Å². The number of hydrogen-bond donors (Lipinski definition) is 11. The molecule has 0 aliphatic rings.